The maximum absolute atomic E-state index is 12.2. The minimum absolute atomic E-state index is 0.0746. The zero-order valence-electron chi connectivity index (χ0n) is 12.1. The molecule has 0 aliphatic heterocycles. The average molecular weight is 268 g/mol. The maximum atomic E-state index is 12.2. The maximum Gasteiger partial charge on any atom is 0.165 e. The predicted molar refractivity (Wildman–Crippen MR) is 78.8 cm³/mol. The Morgan fingerprint density at radius 2 is 2.10 bits per heavy atom. The van der Waals surface area contributed by atoms with Crippen molar-refractivity contribution in [2.75, 3.05) is 0 Å². The second-order valence-corrected chi connectivity index (χ2v) is 6.38. The Kier molecular flexibility index (Phi) is 3.20. The number of rotatable bonds is 3. The van der Waals surface area contributed by atoms with Crippen LogP contribution in [0.25, 0.3) is 0 Å². The van der Waals surface area contributed by atoms with E-state index < -0.39 is 0 Å². The fourth-order valence-corrected chi connectivity index (χ4v) is 2.99. The Hall–Kier alpha value is -1.90. The fraction of sp³-hybridized carbons (Fsp3) is 0.412. The monoisotopic (exact) mass is 268 g/mol. The Balaban J connectivity index is 1.81. The SMILES string of the molecule is CC1(C)CC(=O)c2ccn(CCc3ccccn3)c2C1. The lowest BCUT2D eigenvalue weighted by Gasteiger charge is -2.29. The lowest BCUT2D eigenvalue weighted by molar-refractivity contribution is 0.0910. The van der Waals surface area contributed by atoms with Gasteiger partial charge in [-0.15, -0.1) is 0 Å². The number of hydrogen-bond acceptors (Lipinski definition) is 2. The van der Waals surface area contributed by atoms with E-state index in [1.807, 2.05) is 36.7 Å². The second kappa shape index (κ2) is 4.89. The zero-order valence-corrected chi connectivity index (χ0v) is 12.1. The van der Waals surface area contributed by atoms with Crippen molar-refractivity contribution in [3.05, 3.63) is 53.6 Å². The van der Waals surface area contributed by atoms with Crippen molar-refractivity contribution in [2.45, 2.75) is 39.7 Å². The molecule has 1 aliphatic rings. The van der Waals surface area contributed by atoms with Gasteiger partial charge < -0.3 is 4.57 Å². The van der Waals surface area contributed by atoms with Crippen LogP contribution in [0.3, 0.4) is 0 Å². The van der Waals surface area contributed by atoms with Crippen LogP contribution in [0.15, 0.2) is 36.7 Å². The molecule has 3 rings (SSSR count). The van der Waals surface area contributed by atoms with Crippen LogP contribution in [0.4, 0.5) is 0 Å². The third kappa shape index (κ3) is 2.53. The summed E-state index contributed by atoms with van der Waals surface area (Å²) in [5.41, 5.74) is 3.29. The van der Waals surface area contributed by atoms with Gasteiger partial charge in [-0.25, -0.2) is 0 Å². The molecule has 3 heteroatoms. The molecule has 0 fully saturated rings. The van der Waals surface area contributed by atoms with Crippen LogP contribution >= 0.6 is 0 Å². The smallest absolute Gasteiger partial charge is 0.165 e. The van der Waals surface area contributed by atoms with Gasteiger partial charge in [0.25, 0.3) is 0 Å². The highest BCUT2D eigenvalue weighted by atomic mass is 16.1. The molecule has 104 valence electrons. The third-order valence-electron chi connectivity index (χ3n) is 4.00. The summed E-state index contributed by atoms with van der Waals surface area (Å²) in [5.74, 6) is 0.285. The number of nitrogens with zero attached hydrogens (tertiary/aromatic N) is 2. The second-order valence-electron chi connectivity index (χ2n) is 6.38. The van der Waals surface area contributed by atoms with E-state index in [0.29, 0.717) is 6.42 Å². The summed E-state index contributed by atoms with van der Waals surface area (Å²) in [6.45, 7) is 5.23. The molecule has 0 amide bonds. The number of fused-ring (bicyclic) bond motifs is 1. The van der Waals surface area contributed by atoms with E-state index in [0.717, 1.165) is 30.6 Å². The molecule has 0 radical (unpaired) electrons. The molecule has 2 heterocycles. The molecule has 0 bridgehead atoms. The highest BCUT2D eigenvalue weighted by Crippen LogP contribution is 2.35. The summed E-state index contributed by atoms with van der Waals surface area (Å²) < 4.78 is 2.23. The van der Waals surface area contributed by atoms with E-state index in [-0.39, 0.29) is 11.2 Å². The first kappa shape index (κ1) is 13.1. The van der Waals surface area contributed by atoms with E-state index in [2.05, 4.69) is 23.4 Å². The van der Waals surface area contributed by atoms with Gasteiger partial charge in [-0.1, -0.05) is 19.9 Å². The highest BCUT2D eigenvalue weighted by molar-refractivity contribution is 5.98. The van der Waals surface area contributed by atoms with Gasteiger partial charge in [0.1, 0.15) is 0 Å². The molecule has 0 saturated heterocycles. The molecule has 3 nitrogen and oxygen atoms in total. The van der Waals surface area contributed by atoms with E-state index in [4.69, 9.17) is 0 Å². The lowest BCUT2D eigenvalue weighted by Crippen LogP contribution is -2.28. The van der Waals surface area contributed by atoms with Gasteiger partial charge in [-0.2, -0.15) is 0 Å². The van der Waals surface area contributed by atoms with E-state index in [1.54, 1.807) is 0 Å². The van der Waals surface area contributed by atoms with E-state index >= 15 is 0 Å². The Morgan fingerprint density at radius 3 is 2.85 bits per heavy atom. The van der Waals surface area contributed by atoms with Gasteiger partial charge in [-0.3, -0.25) is 9.78 Å². The van der Waals surface area contributed by atoms with Gasteiger partial charge in [0.15, 0.2) is 5.78 Å². The summed E-state index contributed by atoms with van der Waals surface area (Å²) in [7, 11) is 0. The topological polar surface area (TPSA) is 34.9 Å². The van der Waals surface area contributed by atoms with Crippen molar-refractivity contribution in [1.29, 1.82) is 0 Å². The molecule has 0 unspecified atom stereocenters. The zero-order chi connectivity index (χ0) is 14.2. The van der Waals surface area contributed by atoms with Crippen LogP contribution in [-0.2, 0) is 19.4 Å². The van der Waals surface area contributed by atoms with Crippen molar-refractivity contribution in [2.24, 2.45) is 5.41 Å². The van der Waals surface area contributed by atoms with Crippen molar-refractivity contribution in [3.63, 3.8) is 0 Å². The van der Waals surface area contributed by atoms with Gasteiger partial charge >= 0.3 is 0 Å². The first-order chi connectivity index (χ1) is 9.55. The van der Waals surface area contributed by atoms with Crippen LogP contribution in [-0.4, -0.2) is 15.3 Å². The normalized spacial score (nSPS) is 17.0. The molecule has 0 spiro atoms. The van der Waals surface area contributed by atoms with Gasteiger partial charge in [0, 0.05) is 48.7 Å². The summed E-state index contributed by atoms with van der Waals surface area (Å²) in [4.78, 5) is 16.5. The van der Waals surface area contributed by atoms with Gasteiger partial charge in [0.2, 0.25) is 0 Å². The molecule has 0 saturated carbocycles. The van der Waals surface area contributed by atoms with Crippen LogP contribution in [0.1, 0.15) is 42.0 Å². The Labute approximate surface area is 119 Å². The minimum Gasteiger partial charge on any atom is -0.350 e. The van der Waals surface area contributed by atoms with E-state index in [1.165, 1.54) is 5.69 Å². The molecule has 0 aromatic carbocycles. The average Bonchev–Trinajstić information content (AvgIpc) is 2.79. The fourth-order valence-electron chi connectivity index (χ4n) is 2.99. The number of ketones is 1. The summed E-state index contributed by atoms with van der Waals surface area (Å²) in [5, 5.41) is 0. The summed E-state index contributed by atoms with van der Waals surface area (Å²) in [6.07, 6.45) is 6.41. The standard InChI is InChI=1S/C17H20N2O/c1-17(2)11-15-14(16(20)12-17)7-10-19(15)9-6-13-5-3-4-8-18-13/h3-5,7-8,10H,6,9,11-12H2,1-2H3. The summed E-state index contributed by atoms with van der Waals surface area (Å²) >= 11 is 0. The molecular weight excluding hydrogens is 248 g/mol. The van der Waals surface area contributed by atoms with Crippen molar-refractivity contribution < 1.29 is 4.79 Å². The van der Waals surface area contributed by atoms with Crippen LogP contribution in [0.5, 0.6) is 0 Å². The molecule has 2 aromatic rings. The molecule has 0 N–H and O–H groups in total. The number of pyridine rings is 1. The number of carbonyl (C=O) groups is 1. The predicted octanol–water partition coefficient (Wildman–Crippen LogP) is 3.28. The third-order valence-corrected chi connectivity index (χ3v) is 4.00. The summed E-state index contributed by atoms with van der Waals surface area (Å²) in [6, 6.07) is 7.97. The van der Waals surface area contributed by atoms with Crippen LogP contribution < -0.4 is 0 Å². The quantitative estimate of drug-likeness (QED) is 0.856. The number of aryl methyl sites for hydroxylation is 2. The highest BCUT2D eigenvalue weighted by Gasteiger charge is 2.32. The molecule has 2 aromatic heterocycles. The molecule has 20 heavy (non-hydrogen) atoms. The van der Waals surface area contributed by atoms with Gasteiger partial charge in [-0.05, 0) is 30.0 Å². The first-order valence-corrected chi connectivity index (χ1v) is 7.16. The van der Waals surface area contributed by atoms with Crippen molar-refractivity contribution >= 4 is 5.78 Å². The number of aromatic nitrogens is 2. The van der Waals surface area contributed by atoms with Crippen LogP contribution in [0, 0.1) is 5.41 Å². The van der Waals surface area contributed by atoms with Crippen molar-refractivity contribution in [3.8, 4) is 0 Å². The van der Waals surface area contributed by atoms with Crippen LogP contribution in [0.2, 0.25) is 0 Å². The minimum atomic E-state index is 0.0746. The Morgan fingerprint density at radius 1 is 1.25 bits per heavy atom. The number of hydrogen-bond donors (Lipinski definition) is 0. The molecule has 0 atom stereocenters. The van der Waals surface area contributed by atoms with Crippen molar-refractivity contribution in [1.82, 2.24) is 9.55 Å². The number of carbonyl (C=O) groups excluding carboxylic acids is 1. The largest absolute Gasteiger partial charge is 0.350 e. The first-order valence-electron chi connectivity index (χ1n) is 7.16. The van der Waals surface area contributed by atoms with Gasteiger partial charge in [0.05, 0.1) is 0 Å². The number of Topliss-reactive ketones (excluding diaryl/α,β-unsaturated/α-hetero) is 1. The Bertz CT molecular complexity index is 626. The lowest BCUT2D eigenvalue weighted by atomic mass is 9.76. The molecular formula is C17H20N2O. The van der Waals surface area contributed by atoms with E-state index in [9.17, 15) is 4.79 Å². The molecule has 1 aliphatic carbocycles.